The van der Waals surface area contributed by atoms with Gasteiger partial charge in [-0.15, -0.1) is 0 Å². The molecule has 0 amide bonds. The van der Waals surface area contributed by atoms with E-state index >= 15 is 0 Å². The fraction of sp³-hybridized carbons (Fsp3) is 0.368. The molecule has 2 aliphatic rings. The van der Waals surface area contributed by atoms with Crippen molar-refractivity contribution in [2.24, 2.45) is 0 Å². The van der Waals surface area contributed by atoms with Gasteiger partial charge in [-0.1, -0.05) is 125 Å². The minimum atomic E-state index is -0.0442. The zero-order chi connectivity index (χ0) is 28.3. The normalized spacial score (nSPS) is 25.7. The second kappa shape index (κ2) is 12.3. The van der Waals surface area contributed by atoms with E-state index < -0.39 is 0 Å². The molecule has 0 saturated carbocycles. The Labute approximate surface area is 246 Å². The lowest BCUT2D eigenvalue weighted by molar-refractivity contribution is -0.154. The lowest BCUT2D eigenvalue weighted by Crippen LogP contribution is -2.61. The molecule has 0 aliphatic carbocycles. The maximum absolute atomic E-state index is 7.29. The van der Waals surface area contributed by atoms with Crippen LogP contribution in [0.3, 0.4) is 0 Å². The summed E-state index contributed by atoms with van der Waals surface area (Å²) in [6, 6.07) is 36.8. The third kappa shape index (κ3) is 5.64. The van der Waals surface area contributed by atoms with Crippen molar-refractivity contribution in [2.75, 3.05) is 0 Å². The SMILES string of the molecule is CCc1ccc([C@H]2N[C@@H](c3ccc(CC)cc3)C3OC2[C@H](c2ccc(CC)cc2)N[C@H]3c2ccc(CC)cc2)cc1. The van der Waals surface area contributed by atoms with Gasteiger partial charge in [0.05, 0.1) is 36.4 Å². The molecule has 2 unspecified atom stereocenters. The number of benzene rings is 4. The first-order valence-corrected chi connectivity index (χ1v) is 15.6. The highest BCUT2D eigenvalue weighted by atomic mass is 16.5. The molecule has 3 heteroatoms. The van der Waals surface area contributed by atoms with Crippen LogP contribution in [-0.2, 0) is 30.4 Å². The molecule has 0 spiro atoms. The molecular weight excluding hydrogens is 500 g/mol. The summed E-state index contributed by atoms with van der Waals surface area (Å²) in [4.78, 5) is 0. The van der Waals surface area contributed by atoms with Gasteiger partial charge >= 0.3 is 0 Å². The molecule has 6 atom stereocenters. The zero-order valence-corrected chi connectivity index (χ0v) is 24.9. The maximum atomic E-state index is 7.29. The van der Waals surface area contributed by atoms with Gasteiger partial charge in [0, 0.05) is 0 Å². The molecule has 4 aromatic rings. The van der Waals surface area contributed by atoms with Gasteiger partial charge in [-0.3, -0.25) is 10.6 Å². The number of morpholine rings is 2. The number of rotatable bonds is 8. The summed E-state index contributed by atoms with van der Waals surface area (Å²) < 4.78 is 7.29. The molecule has 2 bridgehead atoms. The standard InChI is InChI=1S/C38H44N2O/c1-5-25-9-17-29(18-10-25)33-37-34(30-19-11-26(6-2)12-20-30)40-36(32-23-15-28(8-4)16-24-32)38(41-37)35(39-33)31-21-13-27(7-3)14-22-31/h9-24,33-40H,5-8H2,1-4H3/t33-,34-,35-,36+,37?,38?/m0/s1. The molecule has 2 heterocycles. The van der Waals surface area contributed by atoms with Crippen LogP contribution in [0.25, 0.3) is 0 Å². The van der Waals surface area contributed by atoms with Crippen molar-refractivity contribution >= 4 is 0 Å². The van der Waals surface area contributed by atoms with Crippen molar-refractivity contribution in [2.45, 2.75) is 89.8 Å². The highest BCUT2D eigenvalue weighted by Gasteiger charge is 2.50. The van der Waals surface area contributed by atoms with Crippen LogP contribution >= 0.6 is 0 Å². The molecule has 4 aromatic carbocycles. The van der Waals surface area contributed by atoms with Crippen LogP contribution in [0, 0.1) is 0 Å². The molecule has 41 heavy (non-hydrogen) atoms. The Morgan fingerprint density at radius 1 is 0.390 bits per heavy atom. The van der Waals surface area contributed by atoms with Crippen LogP contribution in [0.5, 0.6) is 0 Å². The average Bonchev–Trinajstić information content (AvgIpc) is 3.05. The van der Waals surface area contributed by atoms with E-state index in [0.717, 1.165) is 25.7 Å². The van der Waals surface area contributed by atoms with Gasteiger partial charge in [0.15, 0.2) is 0 Å². The highest BCUT2D eigenvalue weighted by molar-refractivity contribution is 5.37. The molecule has 0 aromatic heterocycles. The van der Waals surface area contributed by atoms with E-state index in [-0.39, 0.29) is 36.4 Å². The summed E-state index contributed by atoms with van der Waals surface area (Å²) >= 11 is 0. The van der Waals surface area contributed by atoms with Crippen molar-refractivity contribution in [3.05, 3.63) is 142 Å². The van der Waals surface area contributed by atoms with Crippen molar-refractivity contribution in [1.82, 2.24) is 10.6 Å². The van der Waals surface area contributed by atoms with Crippen molar-refractivity contribution < 1.29 is 4.74 Å². The largest absolute Gasteiger partial charge is 0.367 e. The Morgan fingerprint density at radius 3 is 0.805 bits per heavy atom. The molecule has 2 fully saturated rings. The van der Waals surface area contributed by atoms with Crippen molar-refractivity contribution in [1.29, 1.82) is 0 Å². The van der Waals surface area contributed by atoms with Gasteiger partial charge in [0.1, 0.15) is 0 Å². The molecule has 0 radical (unpaired) electrons. The van der Waals surface area contributed by atoms with Crippen molar-refractivity contribution in [3.63, 3.8) is 0 Å². The number of ether oxygens (including phenoxy) is 1. The van der Waals surface area contributed by atoms with Gasteiger partial charge in [-0.05, 0) is 70.2 Å². The Bertz CT molecular complexity index is 1190. The van der Waals surface area contributed by atoms with Crippen LogP contribution in [0.1, 0.15) is 96.4 Å². The molecular formula is C38H44N2O. The van der Waals surface area contributed by atoms with Crippen LogP contribution in [0.2, 0.25) is 0 Å². The molecule has 2 saturated heterocycles. The maximum Gasteiger partial charge on any atom is 0.0969 e. The Kier molecular flexibility index (Phi) is 8.39. The summed E-state index contributed by atoms with van der Waals surface area (Å²) in [7, 11) is 0. The molecule has 212 valence electrons. The van der Waals surface area contributed by atoms with Gasteiger partial charge in [-0.25, -0.2) is 0 Å². The third-order valence-corrected chi connectivity index (χ3v) is 9.33. The molecule has 2 aliphatic heterocycles. The number of aryl methyl sites for hydroxylation is 4. The number of hydrogen-bond donors (Lipinski definition) is 2. The smallest absolute Gasteiger partial charge is 0.0969 e. The van der Waals surface area contributed by atoms with E-state index in [0.29, 0.717) is 0 Å². The predicted molar refractivity (Wildman–Crippen MR) is 169 cm³/mol. The fourth-order valence-electron chi connectivity index (χ4n) is 6.63. The van der Waals surface area contributed by atoms with Crippen LogP contribution in [0.4, 0.5) is 0 Å². The number of nitrogens with one attached hydrogen (secondary N) is 2. The quantitative estimate of drug-likeness (QED) is 0.235. The van der Waals surface area contributed by atoms with E-state index in [9.17, 15) is 0 Å². The van der Waals surface area contributed by atoms with E-state index in [1.54, 1.807) is 0 Å². The first-order valence-electron chi connectivity index (χ1n) is 15.6. The third-order valence-electron chi connectivity index (χ3n) is 9.33. The van der Waals surface area contributed by atoms with E-state index in [2.05, 4.69) is 135 Å². The van der Waals surface area contributed by atoms with Gasteiger partial charge in [0.25, 0.3) is 0 Å². The average molecular weight is 545 g/mol. The summed E-state index contributed by atoms with van der Waals surface area (Å²) in [6.07, 6.45) is 4.08. The number of fused-ring (bicyclic) bond motifs is 2. The Hall–Kier alpha value is -3.24. The lowest BCUT2D eigenvalue weighted by Gasteiger charge is -2.53. The summed E-state index contributed by atoms with van der Waals surface area (Å²) in [5.41, 5.74) is 10.6. The summed E-state index contributed by atoms with van der Waals surface area (Å²) in [5, 5.41) is 8.29. The minimum absolute atomic E-state index is 0.0442. The first kappa shape index (κ1) is 27.9. The lowest BCUT2D eigenvalue weighted by atomic mass is 9.79. The minimum Gasteiger partial charge on any atom is -0.367 e. The fourth-order valence-corrected chi connectivity index (χ4v) is 6.63. The van der Waals surface area contributed by atoms with E-state index in [1.807, 2.05) is 0 Å². The summed E-state index contributed by atoms with van der Waals surface area (Å²) in [5.74, 6) is 0. The van der Waals surface area contributed by atoms with E-state index in [4.69, 9.17) is 4.74 Å². The van der Waals surface area contributed by atoms with E-state index in [1.165, 1.54) is 44.5 Å². The highest BCUT2D eigenvalue weighted by Crippen LogP contribution is 2.47. The Balaban J connectivity index is 1.44. The predicted octanol–water partition coefficient (Wildman–Crippen LogP) is 8.16. The zero-order valence-electron chi connectivity index (χ0n) is 24.9. The van der Waals surface area contributed by atoms with Crippen LogP contribution in [0.15, 0.2) is 97.1 Å². The topological polar surface area (TPSA) is 33.3 Å². The van der Waals surface area contributed by atoms with Crippen LogP contribution < -0.4 is 10.6 Å². The van der Waals surface area contributed by atoms with Crippen molar-refractivity contribution in [3.8, 4) is 0 Å². The monoisotopic (exact) mass is 544 g/mol. The van der Waals surface area contributed by atoms with Gasteiger partial charge in [-0.2, -0.15) is 0 Å². The summed E-state index contributed by atoms with van der Waals surface area (Å²) in [6.45, 7) is 8.86. The van der Waals surface area contributed by atoms with Gasteiger partial charge in [0.2, 0.25) is 0 Å². The molecule has 6 rings (SSSR count). The molecule has 2 N–H and O–H groups in total. The second-order valence-corrected chi connectivity index (χ2v) is 11.7. The van der Waals surface area contributed by atoms with Gasteiger partial charge < -0.3 is 4.74 Å². The number of hydrogen-bond acceptors (Lipinski definition) is 3. The second-order valence-electron chi connectivity index (χ2n) is 11.7. The molecule has 3 nitrogen and oxygen atoms in total. The van der Waals surface area contributed by atoms with Crippen LogP contribution in [-0.4, -0.2) is 12.2 Å². The first-order chi connectivity index (χ1) is 20.1. The Morgan fingerprint density at radius 2 is 0.610 bits per heavy atom.